The molecule has 0 aliphatic carbocycles. The van der Waals surface area contributed by atoms with Crippen LogP contribution < -0.4 is 5.32 Å². The van der Waals surface area contributed by atoms with E-state index in [1.165, 1.54) is 14.2 Å². The molecule has 3 aliphatic heterocycles. The Hall–Kier alpha value is -7.36. The minimum atomic E-state index is -1.10. The standard InChI is InChI=1S/C46H46N10O6/c1-61-44(59)53-35(25-33-9-3-5-21-47-33)41(57)54-23-7-11-38(54)40-49-27-36(51-40)31-16-12-29(13-17-31)30-14-18-32(19-15-30)37-28-50-43(52-37)46-20-8-24-55(46)42(58)39(56(46)45(60)62-2)26-34-10-4-6-22-48-34/h3-6,9-10,12-19,21-22,27-28,35,38-39H,7-8,11,20,23-26H2,1-2H3,(H,49,51)(H,50,52)(H,53,59)/t35-,38-,39-,46+/m0/s1. The molecule has 6 aromatic rings. The van der Waals surface area contributed by atoms with Crippen molar-refractivity contribution >= 4 is 24.0 Å². The Morgan fingerprint density at radius 2 is 1.42 bits per heavy atom. The summed E-state index contributed by atoms with van der Waals surface area (Å²) in [6.07, 6.45) is 8.88. The van der Waals surface area contributed by atoms with Gasteiger partial charge in [-0.1, -0.05) is 60.7 Å². The number of methoxy groups -OCH3 is 2. The highest BCUT2D eigenvalue weighted by molar-refractivity contribution is 5.91. The van der Waals surface area contributed by atoms with Crippen LogP contribution >= 0.6 is 0 Å². The van der Waals surface area contributed by atoms with Crippen molar-refractivity contribution in [2.45, 2.75) is 62.3 Å². The molecule has 0 radical (unpaired) electrons. The third-order valence-corrected chi connectivity index (χ3v) is 12.2. The van der Waals surface area contributed by atoms with Crippen LogP contribution in [0.4, 0.5) is 9.59 Å². The fraction of sp³-hybridized carbons (Fsp3) is 0.304. The zero-order chi connectivity index (χ0) is 42.8. The van der Waals surface area contributed by atoms with Gasteiger partial charge in [0.25, 0.3) is 0 Å². The molecule has 2 aromatic carbocycles. The first-order valence-corrected chi connectivity index (χ1v) is 20.7. The third kappa shape index (κ3) is 7.41. The zero-order valence-corrected chi connectivity index (χ0v) is 34.4. The molecule has 0 unspecified atom stereocenters. The van der Waals surface area contributed by atoms with Gasteiger partial charge in [0.1, 0.15) is 17.9 Å². The molecule has 4 amide bonds. The van der Waals surface area contributed by atoms with E-state index in [1.54, 1.807) is 45.6 Å². The summed E-state index contributed by atoms with van der Waals surface area (Å²) in [6, 6.07) is 25.4. The van der Waals surface area contributed by atoms with Crippen molar-refractivity contribution in [3.05, 3.63) is 133 Å². The number of benzene rings is 2. The predicted octanol–water partition coefficient (Wildman–Crippen LogP) is 6.02. The summed E-state index contributed by atoms with van der Waals surface area (Å²) in [6.45, 7) is 1.04. The minimum absolute atomic E-state index is 0.149. The molecule has 0 bridgehead atoms. The molecule has 7 heterocycles. The van der Waals surface area contributed by atoms with Crippen LogP contribution in [0.25, 0.3) is 33.6 Å². The van der Waals surface area contributed by atoms with Crippen LogP contribution in [0.15, 0.2) is 110 Å². The maximum atomic E-state index is 13.9. The maximum Gasteiger partial charge on any atom is 0.412 e. The molecule has 4 atom stereocenters. The highest BCUT2D eigenvalue weighted by atomic mass is 16.5. The first kappa shape index (κ1) is 40.1. The second kappa shape index (κ2) is 17.0. The number of fused-ring (bicyclic) bond motifs is 1. The molecule has 316 valence electrons. The molecule has 4 aromatic heterocycles. The van der Waals surface area contributed by atoms with Gasteiger partial charge in [-0.3, -0.25) is 24.5 Å². The number of likely N-dealkylation sites (tertiary alicyclic amines) is 1. The lowest BCUT2D eigenvalue weighted by atomic mass is 10.0. The molecular weight excluding hydrogens is 789 g/mol. The number of alkyl carbamates (subject to hydrolysis) is 1. The zero-order valence-electron chi connectivity index (χ0n) is 34.4. The van der Waals surface area contributed by atoms with Gasteiger partial charge in [-0.25, -0.2) is 19.6 Å². The fourth-order valence-electron chi connectivity index (χ4n) is 9.18. The lowest BCUT2D eigenvalue weighted by Crippen LogP contribution is -2.52. The van der Waals surface area contributed by atoms with Gasteiger partial charge in [0.2, 0.25) is 11.8 Å². The van der Waals surface area contributed by atoms with Gasteiger partial charge >= 0.3 is 12.2 Å². The number of amides is 4. The van der Waals surface area contributed by atoms with E-state index in [4.69, 9.17) is 19.4 Å². The molecular formula is C46H46N10O6. The summed E-state index contributed by atoms with van der Waals surface area (Å²) in [4.78, 5) is 83.8. The first-order valence-electron chi connectivity index (χ1n) is 20.7. The van der Waals surface area contributed by atoms with Gasteiger partial charge in [-0.15, -0.1) is 0 Å². The van der Waals surface area contributed by atoms with Crippen molar-refractivity contribution in [3.8, 4) is 33.6 Å². The van der Waals surface area contributed by atoms with Crippen LogP contribution in [-0.4, -0.2) is 108 Å². The maximum absolute atomic E-state index is 13.9. The average Bonchev–Trinajstić information content (AvgIpc) is 4.17. The Morgan fingerprint density at radius 3 is 2.06 bits per heavy atom. The number of carbonyl (C=O) groups excluding carboxylic acids is 4. The van der Waals surface area contributed by atoms with Crippen LogP contribution in [0, 0.1) is 0 Å². The number of carbonyl (C=O) groups is 4. The first-order chi connectivity index (χ1) is 30.3. The van der Waals surface area contributed by atoms with E-state index in [-0.39, 0.29) is 30.7 Å². The number of rotatable bonds is 11. The molecule has 3 fully saturated rings. The van der Waals surface area contributed by atoms with Crippen molar-refractivity contribution < 1.29 is 28.7 Å². The molecule has 3 N–H and O–H groups in total. The van der Waals surface area contributed by atoms with E-state index in [0.29, 0.717) is 49.0 Å². The second-order valence-electron chi connectivity index (χ2n) is 15.7. The van der Waals surface area contributed by atoms with Crippen LogP contribution in [0.5, 0.6) is 0 Å². The fourth-order valence-corrected chi connectivity index (χ4v) is 9.18. The molecule has 3 aliphatic rings. The highest BCUT2D eigenvalue weighted by Crippen LogP contribution is 2.48. The molecule has 3 saturated heterocycles. The van der Waals surface area contributed by atoms with E-state index in [2.05, 4.69) is 37.4 Å². The smallest absolute Gasteiger partial charge is 0.412 e. The van der Waals surface area contributed by atoms with Crippen LogP contribution in [0.1, 0.15) is 54.8 Å². The number of nitrogens with one attached hydrogen (secondary N) is 3. The number of pyridine rings is 2. The average molecular weight is 835 g/mol. The number of aromatic amines is 2. The van der Waals surface area contributed by atoms with Crippen molar-refractivity contribution in [2.24, 2.45) is 0 Å². The summed E-state index contributed by atoms with van der Waals surface area (Å²) in [7, 11) is 2.60. The Balaban J connectivity index is 0.892. The van der Waals surface area contributed by atoms with Crippen molar-refractivity contribution in [1.82, 2.24) is 49.9 Å². The molecule has 0 saturated carbocycles. The van der Waals surface area contributed by atoms with Crippen LogP contribution in [0.3, 0.4) is 0 Å². The monoisotopic (exact) mass is 834 g/mol. The summed E-state index contributed by atoms with van der Waals surface area (Å²) in [5.41, 5.74) is 5.76. The summed E-state index contributed by atoms with van der Waals surface area (Å²) < 4.78 is 10.1. The number of H-pyrrole nitrogens is 2. The Morgan fingerprint density at radius 1 is 0.774 bits per heavy atom. The number of aromatic nitrogens is 6. The Labute approximate surface area is 357 Å². The second-order valence-corrected chi connectivity index (χ2v) is 15.7. The van der Waals surface area contributed by atoms with E-state index < -0.39 is 29.9 Å². The van der Waals surface area contributed by atoms with E-state index in [1.807, 2.05) is 66.7 Å². The minimum Gasteiger partial charge on any atom is -0.453 e. The van der Waals surface area contributed by atoms with Crippen molar-refractivity contribution in [2.75, 3.05) is 27.3 Å². The van der Waals surface area contributed by atoms with E-state index in [9.17, 15) is 19.2 Å². The van der Waals surface area contributed by atoms with Gasteiger partial charge in [0.15, 0.2) is 11.5 Å². The summed E-state index contributed by atoms with van der Waals surface area (Å²) >= 11 is 0. The number of nitrogens with zero attached hydrogens (tertiary/aromatic N) is 7. The van der Waals surface area contributed by atoms with E-state index in [0.717, 1.165) is 46.5 Å². The SMILES string of the molecule is COC(=O)N[C@@H](Cc1ccccn1)C(=O)N1CCC[C@H]1c1ncc(-c2ccc(-c3ccc(-c4cnc([C@]56CCCN5C(=O)[C@H](Cc5ccccn5)N6C(=O)OC)[nH]4)cc3)cc2)[nH]1. The molecule has 0 spiro atoms. The number of hydrogen-bond acceptors (Lipinski definition) is 10. The van der Waals surface area contributed by atoms with E-state index >= 15 is 0 Å². The van der Waals surface area contributed by atoms with Crippen molar-refractivity contribution in [1.29, 1.82) is 0 Å². The number of hydrogen-bond donors (Lipinski definition) is 3. The van der Waals surface area contributed by atoms with Gasteiger partial charge in [-0.05, 0) is 72.2 Å². The molecule has 9 rings (SSSR count). The predicted molar refractivity (Wildman–Crippen MR) is 227 cm³/mol. The molecule has 16 heteroatoms. The van der Waals surface area contributed by atoms with Gasteiger partial charge in [0.05, 0.1) is 44.0 Å². The topological polar surface area (TPSA) is 192 Å². The van der Waals surface area contributed by atoms with Crippen LogP contribution in [0.2, 0.25) is 0 Å². The van der Waals surface area contributed by atoms with Crippen molar-refractivity contribution in [3.63, 3.8) is 0 Å². The Bertz CT molecular complexity index is 2560. The van der Waals surface area contributed by atoms with Crippen LogP contribution in [-0.2, 0) is 37.6 Å². The molecule has 62 heavy (non-hydrogen) atoms. The quantitative estimate of drug-likeness (QED) is 0.139. The van der Waals surface area contributed by atoms with Gasteiger partial charge in [-0.2, -0.15) is 0 Å². The molecule has 16 nitrogen and oxygen atoms in total. The summed E-state index contributed by atoms with van der Waals surface area (Å²) in [5, 5.41) is 2.70. The lowest BCUT2D eigenvalue weighted by molar-refractivity contribution is -0.134. The summed E-state index contributed by atoms with van der Waals surface area (Å²) in [5.74, 6) is 0.835. The largest absolute Gasteiger partial charge is 0.453 e. The third-order valence-electron chi connectivity index (χ3n) is 12.2. The number of ether oxygens (including phenoxy) is 2. The van der Waals surface area contributed by atoms with Gasteiger partial charge in [0, 0.05) is 49.7 Å². The Kier molecular flexibility index (Phi) is 11.0. The normalized spacial score (nSPS) is 20.0. The highest BCUT2D eigenvalue weighted by Gasteiger charge is 2.63. The lowest BCUT2D eigenvalue weighted by Gasteiger charge is -2.37. The number of imidazole rings is 2. The van der Waals surface area contributed by atoms with Gasteiger partial charge < -0.3 is 34.6 Å².